The van der Waals surface area contributed by atoms with Gasteiger partial charge in [-0.15, -0.1) is 0 Å². The fraction of sp³-hybridized carbons (Fsp3) is 0.818. The van der Waals surface area contributed by atoms with Crippen molar-refractivity contribution in [2.75, 3.05) is 13.1 Å². The summed E-state index contributed by atoms with van der Waals surface area (Å²) in [5.41, 5.74) is 0. The summed E-state index contributed by atoms with van der Waals surface area (Å²) >= 11 is 0. The van der Waals surface area contributed by atoms with Crippen LogP contribution in [-0.4, -0.2) is 35.0 Å². The van der Waals surface area contributed by atoms with Crippen molar-refractivity contribution in [3.05, 3.63) is 0 Å². The SMILES string of the molecule is CCCCCC(=O)N(CCC)CC(=O)O. The van der Waals surface area contributed by atoms with Crippen LogP contribution >= 0.6 is 0 Å². The van der Waals surface area contributed by atoms with Gasteiger partial charge in [-0.2, -0.15) is 0 Å². The van der Waals surface area contributed by atoms with Gasteiger partial charge in [0.2, 0.25) is 5.91 Å². The molecule has 0 atom stereocenters. The molecule has 4 heteroatoms. The van der Waals surface area contributed by atoms with Gasteiger partial charge >= 0.3 is 5.97 Å². The number of unbranched alkanes of at least 4 members (excludes halogenated alkanes) is 2. The Morgan fingerprint density at radius 1 is 1.13 bits per heavy atom. The number of amides is 1. The molecule has 0 aliphatic heterocycles. The van der Waals surface area contributed by atoms with Crippen LogP contribution in [0.1, 0.15) is 46.0 Å². The van der Waals surface area contributed by atoms with Gasteiger partial charge in [-0.05, 0) is 12.8 Å². The topological polar surface area (TPSA) is 57.6 Å². The number of rotatable bonds is 8. The lowest BCUT2D eigenvalue weighted by Gasteiger charge is -2.19. The average molecular weight is 215 g/mol. The highest BCUT2D eigenvalue weighted by atomic mass is 16.4. The first-order valence-electron chi connectivity index (χ1n) is 5.61. The van der Waals surface area contributed by atoms with Crippen molar-refractivity contribution in [1.82, 2.24) is 4.90 Å². The Kier molecular flexibility index (Phi) is 7.68. The minimum atomic E-state index is -0.938. The predicted octanol–water partition coefficient (Wildman–Crippen LogP) is 1.89. The van der Waals surface area contributed by atoms with Gasteiger partial charge in [-0.3, -0.25) is 9.59 Å². The van der Waals surface area contributed by atoms with Crippen molar-refractivity contribution in [2.45, 2.75) is 46.0 Å². The zero-order chi connectivity index (χ0) is 11.7. The number of hydrogen-bond acceptors (Lipinski definition) is 2. The molecule has 1 amide bonds. The average Bonchev–Trinajstić information content (AvgIpc) is 2.17. The van der Waals surface area contributed by atoms with Crippen molar-refractivity contribution < 1.29 is 14.7 Å². The Balaban J connectivity index is 3.98. The van der Waals surface area contributed by atoms with Crippen molar-refractivity contribution in [3.63, 3.8) is 0 Å². The number of nitrogens with zero attached hydrogens (tertiary/aromatic N) is 1. The Morgan fingerprint density at radius 3 is 2.27 bits per heavy atom. The molecular formula is C11H21NO3. The van der Waals surface area contributed by atoms with Crippen molar-refractivity contribution in [3.8, 4) is 0 Å². The summed E-state index contributed by atoms with van der Waals surface area (Å²) in [6.45, 7) is 4.38. The molecule has 0 rings (SSSR count). The van der Waals surface area contributed by atoms with Crippen LogP contribution in [0.15, 0.2) is 0 Å². The third kappa shape index (κ3) is 6.94. The highest BCUT2D eigenvalue weighted by molar-refractivity contribution is 5.81. The van der Waals surface area contributed by atoms with E-state index >= 15 is 0 Å². The number of aliphatic carboxylic acids is 1. The smallest absolute Gasteiger partial charge is 0.323 e. The Hall–Kier alpha value is -1.06. The van der Waals surface area contributed by atoms with E-state index in [4.69, 9.17) is 5.11 Å². The van der Waals surface area contributed by atoms with Crippen LogP contribution in [0.2, 0.25) is 0 Å². The molecule has 0 bridgehead atoms. The zero-order valence-corrected chi connectivity index (χ0v) is 9.66. The van der Waals surface area contributed by atoms with Gasteiger partial charge < -0.3 is 10.0 Å². The molecule has 15 heavy (non-hydrogen) atoms. The number of carbonyl (C=O) groups is 2. The van der Waals surface area contributed by atoms with Gasteiger partial charge in [0.15, 0.2) is 0 Å². The van der Waals surface area contributed by atoms with E-state index in [1.54, 1.807) is 0 Å². The lowest BCUT2D eigenvalue weighted by Crippen LogP contribution is -2.36. The first kappa shape index (κ1) is 13.9. The first-order valence-corrected chi connectivity index (χ1v) is 5.61. The maximum atomic E-state index is 11.6. The third-order valence-corrected chi connectivity index (χ3v) is 2.17. The van der Waals surface area contributed by atoms with Crippen LogP contribution in [0.25, 0.3) is 0 Å². The molecule has 1 N–H and O–H groups in total. The lowest BCUT2D eigenvalue weighted by atomic mass is 10.2. The van der Waals surface area contributed by atoms with Crippen molar-refractivity contribution >= 4 is 11.9 Å². The zero-order valence-electron chi connectivity index (χ0n) is 9.66. The Bertz CT molecular complexity index is 204. The molecule has 0 aromatic heterocycles. The van der Waals surface area contributed by atoms with Crippen LogP contribution < -0.4 is 0 Å². The largest absolute Gasteiger partial charge is 0.480 e. The van der Waals surface area contributed by atoms with E-state index < -0.39 is 5.97 Å². The van der Waals surface area contributed by atoms with E-state index in [2.05, 4.69) is 6.92 Å². The summed E-state index contributed by atoms with van der Waals surface area (Å²) in [6, 6.07) is 0. The molecule has 0 unspecified atom stereocenters. The van der Waals surface area contributed by atoms with Crippen LogP contribution in [0.3, 0.4) is 0 Å². The molecule has 88 valence electrons. The molecule has 0 aromatic carbocycles. The highest BCUT2D eigenvalue weighted by Crippen LogP contribution is 2.03. The molecular weight excluding hydrogens is 194 g/mol. The van der Waals surface area contributed by atoms with Crippen LogP contribution in [-0.2, 0) is 9.59 Å². The third-order valence-electron chi connectivity index (χ3n) is 2.17. The monoisotopic (exact) mass is 215 g/mol. The Labute approximate surface area is 91.3 Å². The number of carbonyl (C=O) groups excluding carboxylic acids is 1. The van der Waals surface area contributed by atoms with Crippen LogP contribution in [0, 0.1) is 0 Å². The second kappa shape index (κ2) is 8.26. The molecule has 0 saturated heterocycles. The quantitative estimate of drug-likeness (QED) is 0.629. The highest BCUT2D eigenvalue weighted by Gasteiger charge is 2.14. The van der Waals surface area contributed by atoms with Crippen LogP contribution in [0.5, 0.6) is 0 Å². The maximum Gasteiger partial charge on any atom is 0.323 e. The molecule has 4 nitrogen and oxygen atoms in total. The van der Waals surface area contributed by atoms with Gasteiger partial charge in [-0.1, -0.05) is 26.7 Å². The van der Waals surface area contributed by atoms with Gasteiger partial charge in [0.25, 0.3) is 0 Å². The second-order valence-electron chi connectivity index (χ2n) is 3.67. The molecule has 0 spiro atoms. The fourth-order valence-corrected chi connectivity index (χ4v) is 1.41. The minimum absolute atomic E-state index is 0.0345. The summed E-state index contributed by atoms with van der Waals surface area (Å²) in [4.78, 5) is 23.6. The first-order chi connectivity index (χ1) is 7.11. The van der Waals surface area contributed by atoms with E-state index in [1.807, 2.05) is 6.92 Å². The van der Waals surface area contributed by atoms with Gasteiger partial charge in [-0.25, -0.2) is 0 Å². The van der Waals surface area contributed by atoms with E-state index in [1.165, 1.54) is 4.90 Å². The number of carboxylic acid groups (broad SMARTS) is 1. The molecule has 0 heterocycles. The van der Waals surface area contributed by atoms with E-state index in [9.17, 15) is 9.59 Å². The molecule has 0 aliphatic carbocycles. The van der Waals surface area contributed by atoms with E-state index in [0.717, 1.165) is 25.7 Å². The normalized spacial score (nSPS) is 10.0. The van der Waals surface area contributed by atoms with Crippen molar-refractivity contribution in [2.24, 2.45) is 0 Å². The number of carboxylic acids is 1. The molecule has 0 saturated carbocycles. The summed E-state index contributed by atoms with van der Waals surface area (Å²) < 4.78 is 0. The molecule has 0 aliphatic rings. The summed E-state index contributed by atoms with van der Waals surface area (Å²) in [5, 5.41) is 8.64. The second-order valence-corrected chi connectivity index (χ2v) is 3.67. The summed E-state index contributed by atoms with van der Waals surface area (Å²) in [5.74, 6) is -0.972. The van der Waals surface area contributed by atoms with Crippen LogP contribution in [0.4, 0.5) is 0 Å². The lowest BCUT2D eigenvalue weighted by molar-refractivity contribution is -0.144. The number of hydrogen-bond donors (Lipinski definition) is 1. The van der Waals surface area contributed by atoms with Gasteiger partial charge in [0, 0.05) is 13.0 Å². The maximum absolute atomic E-state index is 11.6. The standard InChI is InChI=1S/C11H21NO3/c1-3-5-6-7-10(13)12(8-4-2)9-11(14)15/h3-9H2,1-2H3,(H,14,15). The minimum Gasteiger partial charge on any atom is -0.480 e. The fourth-order valence-electron chi connectivity index (χ4n) is 1.41. The van der Waals surface area contributed by atoms with Gasteiger partial charge in [0.05, 0.1) is 0 Å². The Morgan fingerprint density at radius 2 is 1.80 bits per heavy atom. The predicted molar refractivity (Wildman–Crippen MR) is 58.6 cm³/mol. The molecule has 0 fully saturated rings. The van der Waals surface area contributed by atoms with Crippen molar-refractivity contribution in [1.29, 1.82) is 0 Å². The van der Waals surface area contributed by atoms with Gasteiger partial charge in [0.1, 0.15) is 6.54 Å². The summed E-state index contributed by atoms with van der Waals surface area (Å²) in [6.07, 6.45) is 4.22. The molecule has 0 radical (unpaired) electrons. The van der Waals surface area contributed by atoms with E-state index in [0.29, 0.717) is 13.0 Å². The van der Waals surface area contributed by atoms with E-state index in [-0.39, 0.29) is 12.5 Å². The molecule has 0 aromatic rings. The summed E-state index contributed by atoms with van der Waals surface area (Å²) in [7, 11) is 0.